The van der Waals surface area contributed by atoms with E-state index in [2.05, 4.69) is 10.1 Å². The van der Waals surface area contributed by atoms with Crippen LogP contribution in [-0.4, -0.2) is 64.5 Å². The Morgan fingerprint density at radius 1 is 1.16 bits per heavy atom. The first-order chi connectivity index (χ1) is 12.0. The highest BCUT2D eigenvalue weighted by Gasteiger charge is 2.30. The lowest BCUT2D eigenvalue weighted by molar-refractivity contribution is -0.133. The molecule has 1 saturated heterocycles. The van der Waals surface area contributed by atoms with Crippen LogP contribution in [0.2, 0.25) is 0 Å². The van der Waals surface area contributed by atoms with Gasteiger partial charge >= 0.3 is 0 Å². The summed E-state index contributed by atoms with van der Waals surface area (Å²) < 4.78 is 28.3. The van der Waals surface area contributed by atoms with Gasteiger partial charge in [-0.15, -0.1) is 0 Å². The van der Waals surface area contributed by atoms with Crippen molar-refractivity contribution < 1.29 is 13.2 Å². The molecule has 0 N–H and O–H groups in total. The lowest BCUT2D eigenvalue weighted by Gasteiger charge is -2.34. The van der Waals surface area contributed by atoms with E-state index >= 15 is 0 Å². The number of rotatable bonds is 5. The number of carbonyl (C=O) groups excluding carboxylic acids is 1. The van der Waals surface area contributed by atoms with Crippen LogP contribution in [0.4, 0.5) is 0 Å². The van der Waals surface area contributed by atoms with Gasteiger partial charge in [-0.3, -0.25) is 4.79 Å². The molecule has 0 bridgehead atoms. The predicted molar refractivity (Wildman–Crippen MR) is 91.1 cm³/mol. The summed E-state index contributed by atoms with van der Waals surface area (Å²) in [5, 5.41) is 4.04. The fourth-order valence-electron chi connectivity index (χ4n) is 2.84. The molecule has 9 heteroatoms. The maximum Gasteiger partial charge on any atom is 0.243 e. The molecule has 2 heterocycles. The molecule has 0 saturated carbocycles. The van der Waals surface area contributed by atoms with Crippen LogP contribution in [0.25, 0.3) is 0 Å². The second kappa shape index (κ2) is 7.32. The number of amides is 1. The van der Waals surface area contributed by atoms with Crippen molar-refractivity contribution in [3.63, 3.8) is 0 Å². The summed E-state index contributed by atoms with van der Waals surface area (Å²) in [5.74, 6) is -0.000223. The molecule has 0 unspecified atom stereocenters. The minimum atomic E-state index is -3.50. The van der Waals surface area contributed by atoms with E-state index in [0.717, 1.165) is 0 Å². The third kappa shape index (κ3) is 3.88. The fraction of sp³-hybridized carbons (Fsp3) is 0.438. The van der Waals surface area contributed by atoms with Crippen LogP contribution in [0.5, 0.6) is 0 Å². The highest BCUT2D eigenvalue weighted by molar-refractivity contribution is 7.89. The van der Waals surface area contributed by atoms with Crippen LogP contribution in [0, 0.1) is 0 Å². The van der Waals surface area contributed by atoms with Crippen molar-refractivity contribution in [2.24, 2.45) is 0 Å². The van der Waals surface area contributed by atoms with E-state index in [-0.39, 0.29) is 16.8 Å². The van der Waals surface area contributed by atoms with Crippen molar-refractivity contribution in [2.45, 2.75) is 24.3 Å². The van der Waals surface area contributed by atoms with Crippen molar-refractivity contribution in [3.05, 3.63) is 43.0 Å². The van der Waals surface area contributed by atoms with Crippen molar-refractivity contribution >= 4 is 15.9 Å². The van der Waals surface area contributed by atoms with Crippen molar-refractivity contribution in [2.75, 3.05) is 26.2 Å². The molecule has 1 aliphatic heterocycles. The second-order valence-corrected chi connectivity index (χ2v) is 7.96. The third-order valence-electron chi connectivity index (χ3n) is 4.33. The van der Waals surface area contributed by atoms with Crippen LogP contribution in [0.3, 0.4) is 0 Å². The molecule has 25 heavy (non-hydrogen) atoms. The quantitative estimate of drug-likeness (QED) is 0.783. The maximum atomic E-state index is 12.6. The molecule has 0 aliphatic carbocycles. The fourth-order valence-corrected chi connectivity index (χ4v) is 4.28. The topological polar surface area (TPSA) is 88.4 Å². The zero-order chi connectivity index (χ0) is 17.9. The molecule has 1 aromatic carbocycles. The Bertz CT molecular complexity index is 800. The van der Waals surface area contributed by atoms with Gasteiger partial charge in [0.2, 0.25) is 15.9 Å². The van der Waals surface area contributed by atoms with Gasteiger partial charge in [0, 0.05) is 32.6 Å². The zero-order valence-electron chi connectivity index (χ0n) is 14.0. The van der Waals surface area contributed by atoms with E-state index < -0.39 is 10.0 Å². The van der Waals surface area contributed by atoms with E-state index in [4.69, 9.17) is 0 Å². The summed E-state index contributed by atoms with van der Waals surface area (Å²) in [6.07, 6.45) is 3.34. The normalized spacial score (nSPS) is 17.4. The summed E-state index contributed by atoms with van der Waals surface area (Å²) in [5.41, 5.74) is 0. The van der Waals surface area contributed by atoms with E-state index in [1.165, 1.54) is 10.6 Å². The van der Waals surface area contributed by atoms with Gasteiger partial charge in [0.15, 0.2) is 0 Å². The van der Waals surface area contributed by atoms with Crippen molar-refractivity contribution in [1.82, 2.24) is 24.0 Å². The number of nitrogens with zero attached hydrogens (tertiary/aromatic N) is 5. The van der Waals surface area contributed by atoms with Gasteiger partial charge in [-0.25, -0.2) is 18.1 Å². The van der Waals surface area contributed by atoms with E-state index in [9.17, 15) is 13.2 Å². The number of benzene rings is 1. The van der Waals surface area contributed by atoms with Crippen LogP contribution in [-0.2, 0) is 14.8 Å². The molecule has 0 spiro atoms. The Balaban J connectivity index is 1.57. The van der Waals surface area contributed by atoms with Gasteiger partial charge in [0.25, 0.3) is 0 Å². The first-order valence-electron chi connectivity index (χ1n) is 8.15. The molecule has 1 fully saturated rings. The van der Waals surface area contributed by atoms with Crippen LogP contribution < -0.4 is 0 Å². The van der Waals surface area contributed by atoms with Gasteiger partial charge in [0.1, 0.15) is 12.7 Å². The SMILES string of the molecule is C[C@@H](CC(=O)N1CCN(S(=O)(=O)c2ccccc2)CC1)n1cncn1. The van der Waals surface area contributed by atoms with E-state index in [1.54, 1.807) is 46.2 Å². The number of carbonyl (C=O) groups is 1. The van der Waals surface area contributed by atoms with Crippen molar-refractivity contribution in [1.29, 1.82) is 0 Å². The minimum Gasteiger partial charge on any atom is -0.340 e. The molecular formula is C16H21N5O3S. The van der Waals surface area contributed by atoms with Crippen LogP contribution >= 0.6 is 0 Å². The molecule has 1 atom stereocenters. The Kier molecular flexibility index (Phi) is 5.14. The summed E-state index contributed by atoms with van der Waals surface area (Å²) in [4.78, 5) is 18.3. The maximum absolute atomic E-state index is 12.6. The Morgan fingerprint density at radius 2 is 1.84 bits per heavy atom. The van der Waals surface area contributed by atoms with E-state index in [1.807, 2.05) is 6.92 Å². The number of hydrogen-bond acceptors (Lipinski definition) is 5. The molecule has 1 aromatic heterocycles. The molecule has 1 amide bonds. The van der Waals surface area contributed by atoms with Gasteiger partial charge in [-0.1, -0.05) is 18.2 Å². The van der Waals surface area contributed by atoms with Crippen LogP contribution in [0.15, 0.2) is 47.9 Å². The molecule has 134 valence electrons. The van der Waals surface area contributed by atoms with Gasteiger partial charge in [-0.05, 0) is 19.1 Å². The van der Waals surface area contributed by atoms with Gasteiger partial charge < -0.3 is 4.90 Å². The lowest BCUT2D eigenvalue weighted by atomic mass is 10.2. The van der Waals surface area contributed by atoms with Gasteiger partial charge in [0.05, 0.1) is 10.9 Å². The summed E-state index contributed by atoms with van der Waals surface area (Å²) in [6.45, 7) is 3.31. The first kappa shape index (κ1) is 17.6. The zero-order valence-corrected chi connectivity index (χ0v) is 14.8. The number of hydrogen-bond donors (Lipinski definition) is 0. The standard InChI is InChI=1S/C16H21N5O3S/c1-14(21-13-17-12-18-21)11-16(22)19-7-9-20(10-8-19)25(23,24)15-5-3-2-4-6-15/h2-6,12-14H,7-11H2,1H3/t14-/m0/s1. The monoisotopic (exact) mass is 363 g/mol. The second-order valence-electron chi connectivity index (χ2n) is 6.03. The third-order valence-corrected chi connectivity index (χ3v) is 6.24. The molecular weight excluding hydrogens is 342 g/mol. The largest absolute Gasteiger partial charge is 0.340 e. The Hall–Kier alpha value is -2.26. The highest BCUT2D eigenvalue weighted by atomic mass is 32.2. The predicted octanol–water partition coefficient (Wildman–Crippen LogP) is 0.762. The van der Waals surface area contributed by atoms with Crippen molar-refractivity contribution in [3.8, 4) is 0 Å². The number of piperazine rings is 1. The average Bonchev–Trinajstić information content (AvgIpc) is 3.17. The van der Waals surface area contributed by atoms with Crippen LogP contribution in [0.1, 0.15) is 19.4 Å². The average molecular weight is 363 g/mol. The molecule has 2 aromatic rings. The Labute approximate surface area is 147 Å². The summed E-state index contributed by atoms with van der Waals surface area (Å²) >= 11 is 0. The highest BCUT2D eigenvalue weighted by Crippen LogP contribution is 2.18. The molecule has 3 rings (SSSR count). The Morgan fingerprint density at radius 3 is 2.44 bits per heavy atom. The molecule has 0 radical (unpaired) electrons. The molecule has 1 aliphatic rings. The summed E-state index contributed by atoms with van der Waals surface area (Å²) in [6, 6.07) is 8.29. The van der Waals surface area contributed by atoms with E-state index in [0.29, 0.717) is 32.6 Å². The summed E-state index contributed by atoms with van der Waals surface area (Å²) in [7, 11) is -3.50. The minimum absolute atomic E-state index is 0.000223. The molecule has 8 nitrogen and oxygen atoms in total. The lowest BCUT2D eigenvalue weighted by Crippen LogP contribution is -2.50. The number of sulfonamides is 1. The van der Waals surface area contributed by atoms with Gasteiger partial charge in [-0.2, -0.15) is 9.40 Å². The number of aromatic nitrogens is 3. The first-order valence-corrected chi connectivity index (χ1v) is 9.59. The smallest absolute Gasteiger partial charge is 0.243 e.